The molecule has 0 aromatic heterocycles. The van der Waals surface area contributed by atoms with E-state index in [0.717, 1.165) is 89.9 Å². The summed E-state index contributed by atoms with van der Waals surface area (Å²) in [7, 11) is 0. The molecule has 0 aromatic carbocycles. The van der Waals surface area contributed by atoms with Gasteiger partial charge in [0.25, 0.3) is 0 Å². The van der Waals surface area contributed by atoms with E-state index in [1.54, 1.807) is 0 Å². The number of allylic oxidation sites excluding steroid dienone is 14. The molecule has 356 valence electrons. The van der Waals surface area contributed by atoms with E-state index in [-0.39, 0.29) is 25.2 Å². The standard InChI is InChI=1S/C57H98O5/c1-4-7-10-13-16-19-22-24-26-27-28-29-30-32-34-37-40-43-46-49-52-60-53-55(62-57(59)51-48-45-42-39-35-21-18-15-12-9-6-3)54-61-56(58)50-47-44-41-38-36-33-31-25-23-20-17-14-11-8-5-2/h8,11,15-20,24-26,31,36,38,55H,4-7,9-10,12-14,21-23,27-30,32-35,37,39-54H2,1-3H3/b11-8-,18-15-,19-16-,20-17-,26-24-,31-25-,38-36-. The van der Waals surface area contributed by atoms with Gasteiger partial charge in [0, 0.05) is 19.4 Å². The maximum Gasteiger partial charge on any atom is 0.306 e. The molecule has 0 fully saturated rings. The highest BCUT2D eigenvalue weighted by atomic mass is 16.6. The predicted octanol–water partition coefficient (Wildman–Crippen LogP) is 17.7. The second-order valence-electron chi connectivity index (χ2n) is 17.0. The fourth-order valence-electron chi connectivity index (χ4n) is 6.98. The molecular formula is C57H98O5. The highest BCUT2D eigenvalue weighted by molar-refractivity contribution is 5.70. The van der Waals surface area contributed by atoms with Gasteiger partial charge in [-0.1, -0.05) is 202 Å². The van der Waals surface area contributed by atoms with Crippen molar-refractivity contribution in [2.24, 2.45) is 0 Å². The molecule has 0 aliphatic rings. The highest BCUT2D eigenvalue weighted by Gasteiger charge is 2.17. The fourth-order valence-corrected chi connectivity index (χ4v) is 6.98. The minimum Gasteiger partial charge on any atom is -0.462 e. The molecule has 1 atom stereocenters. The van der Waals surface area contributed by atoms with Crippen molar-refractivity contribution in [3.63, 3.8) is 0 Å². The van der Waals surface area contributed by atoms with E-state index in [0.29, 0.717) is 19.4 Å². The Labute approximate surface area is 384 Å². The van der Waals surface area contributed by atoms with Crippen LogP contribution in [0, 0.1) is 0 Å². The Hall–Kier alpha value is -2.92. The third-order valence-corrected chi connectivity index (χ3v) is 10.9. The summed E-state index contributed by atoms with van der Waals surface area (Å²) < 4.78 is 17.4. The molecule has 0 aromatic rings. The van der Waals surface area contributed by atoms with Crippen molar-refractivity contribution in [2.75, 3.05) is 19.8 Å². The van der Waals surface area contributed by atoms with Crippen LogP contribution in [0.25, 0.3) is 0 Å². The summed E-state index contributed by atoms with van der Waals surface area (Å²) >= 11 is 0. The Bertz CT molecular complexity index is 1160. The molecule has 0 saturated carbocycles. The Morgan fingerprint density at radius 1 is 0.371 bits per heavy atom. The first-order valence-electron chi connectivity index (χ1n) is 26.1. The summed E-state index contributed by atoms with van der Waals surface area (Å²) in [6.45, 7) is 7.60. The Morgan fingerprint density at radius 3 is 1.26 bits per heavy atom. The number of rotatable bonds is 47. The molecule has 0 N–H and O–H groups in total. The molecule has 1 unspecified atom stereocenters. The largest absolute Gasteiger partial charge is 0.462 e. The second-order valence-corrected chi connectivity index (χ2v) is 17.0. The van der Waals surface area contributed by atoms with Gasteiger partial charge >= 0.3 is 11.9 Å². The van der Waals surface area contributed by atoms with Crippen LogP contribution in [0.5, 0.6) is 0 Å². The molecule has 0 spiro atoms. The van der Waals surface area contributed by atoms with Crippen LogP contribution in [0.4, 0.5) is 0 Å². The van der Waals surface area contributed by atoms with Crippen LogP contribution in [0.3, 0.4) is 0 Å². The predicted molar refractivity (Wildman–Crippen MR) is 270 cm³/mol. The van der Waals surface area contributed by atoms with Gasteiger partial charge in [0.15, 0.2) is 6.10 Å². The van der Waals surface area contributed by atoms with E-state index >= 15 is 0 Å². The second kappa shape index (κ2) is 52.4. The van der Waals surface area contributed by atoms with Crippen LogP contribution >= 0.6 is 0 Å². The molecule has 0 heterocycles. The van der Waals surface area contributed by atoms with Gasteiger partial charge in [-0.15, -0.1) is 0 Å². The van der Waals surface area contributed by atoms with Crippen molar-refractivity contribution in [1.29, 1.82) is 0 Å². The quantitative estimate of drug-likeness (QED) is 0.0346. The average molecular weight is 863 g/mol. The molecule has 5 nitrogen and oxygen atoms in total. The molecule has 0 saturated heterocycles. The van der Waals surface area contributed by atoms with Crippen LogP contribution in [-0.4, -0.2) is 37.9 Å². The van der Waals surface area contributed by atoms with Gasteiger partial charge in [-0.05, 0) is 109 Å². The first-order valence-corrected chi connectivity index (χ1v) is 26.1. The Balaban J connectivity index is 4.28. The minimum atomic E-state index is -0.561. The third kappa shape index (κ3) is 49.7. The lowest BCUT2D eigenvalue weighted by Gasteiger charge is -2.18. The normalized spacial score (nSPS) is 12.9. The lowest BCUT2D eigenvalue weighted by atomic mass is 10.1. The molecule has 0 bridgehead atoms. The van der Waals surface area contributed by atoms with Gasteiger partial charge in [-0.25, -0.2) is 0 Å². The van der Waals surface area contributed by atoms with Crippen LogP contribution in [0.15, 0.2) is 85.1 Å². The number of hydrogen-bond acceptors (Lipinski definition) is 5. The first-order chi connectivity index (χ1) is 30.6. The highest BCUT2D eigenvalue weighted by Crippen LogP contribution is 2.14. The SMILES string of the molecule is CC/C=C\C/C=C\C/C=C\C/C=C\CCCCC(=O)OCC(COCCCCCCCCCCCC/C=C\C/C=C\CCCCC)OC(=O)CCCCCCC/C=C\CCCC. The smallest absolute Gasteiger partial charge is 0.306 e. The van der Waals surface area contributed by atoms with Crippen molar-refractivity contribution in [3.05, 3.63) is 85.1 Å². The summed E-state index contributed by atoms with van der Waals surface area (Å²) in [4.78, 5) is 25.3. The summed E-state index contributed by atoms with van der Waals surface area (Å²) in [5.74, 6) is -0.458. The van der Waals surface area contributed by atoms with E-state index in [9.17, 15) is 9.59 Å². The number of carbonyl (C=O) groups excluding carboxylic acids is 2. The van der Waals surface area contributed by atoms with Crippen LogP contribution in [0.2, 0.25) is 0 Å². The molecule has 0 aliphatic heterocycles. The Kier molecular flexibility index (Phi) is 50.0. The topological polar surface area (TPSA) is 61.8 Å². The van der Waals surface area contributed by atoms with Gasteiger partial charge in [0.2, 0.25) is 0 Å². The van der Waals surface area contributed by atoms with Gasteiger partial charge in [-0.3, -0.25) is 9.59 Å². The third-order valence-electron chi connectivity index (χ3n) is 10.9. The summed E-state index contributed by atoms with van der Waals surface area (Å²) in [6, 6.07) is 0. The number of hydrogen-bond donors (Lipinski definition) is 0. The number of ether oxygens (including phenoxy) is 3. The van der Waals surface area contributed by atoms with Crippen LogP contribution in [0.1, 0.15) is 239 Å². The maximum atomic E-state index is 12.8. The summed E-state index contributed by atoms with van der Waals surface area (Å²) in [5, 5.41) is 0. The molecule has 0 radical (unpaired) electrons. The van der Waals surface area contributed by atoms with E-state index in [4.69, 9.17) is 14.2 Å². The van der Waals surface area contributed by atoms with Gasteiger partial charge in [0.1, 0.15) is 6.61 Å². The maximum absolute atomic E-state index is 12.8. The molecule has 62 heavy (non-hydrogen) atoms. The van der Waals surface area contributed by atoms with E-state index in [1.165, 1.54) is 116 Å². The summed E-state index contributed by atoms with van der Waals surface area (Å²) in [5.41, 5.74) is 0. The molecular weight excluding hydrogens is 765 g/mol. The fraction of sp³-hybridized carbons (Fsp3) is 0.719. The molecule has 5 heteroatoms. The van der Waals surface area contributed by atoms with Crippen LogP contribution < -0.4 is 0 Å². The molecule has 0 rings (SSSR count). The van der Waals surface area contributed by atoms with Crippen molar-refractivity contribution in [3.8, 4) is 0 Å². The average Bonchev–Trinajstić information content (AvgIpc) is 3.27. The van der Waals surface area contributed by atoms with Crippen molar-refractivity contribution >= 4 is 11.9 Å². The summed E-state index contributed by atoms with van der Waals surface area (Å²) in [6.07, 6.45) is 68.8. The van der Waals surface area contributed by atoms with Crippen molar-refractivity contribution in [2.45, 2.75) is 245 Å². The Morgan fingerprint density at radius 2 is 0.742 bits per heavy atom. The van der Waals surface area contributed by atoms with Gasteiger partial charge in [-0.2, -0.15) is 0 Å². The van der Waals surface area contributed by atoms with Crippen molar-refractivity contribution < 1.29 is 23.8 Å². The first kappa shape index (κ1) is 59.1. The number of esters is 2. The zero-order chi connectivity index (χ0) is 44.9. The van der Waals surface area contributed by atoms with Gasteiger partial charge < -0.3 is 14.2 Å². The number of unbranched alkanes of at least 4 members (excludes halogenated alkanes) is 22. The zero-order valence-electron chi connectivity index (χ0n) is 40.9. The molecule has 0 aliphatic carbocycles. The van der Waals surface area contributed by atoms with Crippen LogP contribution in [-0.2, 0) is 23.8 Å². The lowest BCUT2D eigenvalue weighted by Crippen LogP contribution is -2.30. The van der Waals surface area contributed by atoms with E-state index < -0.39 is 6.10 Å². The van der Waals surface area contributed by atoms with E-state index in [2.05, 4.69) is 106 Å². The monoisotopic (exact) mass is 863 g/mol. The van der Waals surface area contributed by atoms with Gasteiger partial charge in [0.05, 0.1) is 6.61 Å². The molecule has 0 amide bonds. The van der Waals surface area contributed by atoms with E-state index in [1.807, 2.05) is 0 Å². The van der Waals surface area contributed by atoms with Crippen molar-refractivity contribution in [1.82, 2.24) is 0 Å². The number of carbonyl (C=O) groups is 2. The minimum absolute atomic E-state index is 0.0563. The zero-order valence-corrected chi connectivity index (χ0v) is 40.9. The lowest BCUT2D eigenvalue weighted by molar-refractivity contribution is -0.163.